The number of hydrogen-bond donors (Lipinski definition) is 1. The molecule has 0 radical (unpaired) electrons. The van der Waals surface area contributed by atoms with Gasteiger partial charge in [0, 0.05) is 14.8 Å². The summed E-state index contributed by atoms with van der Waals surface area (Å²) in [6.07, 6.45) is 2.14. The summed E-state index contributed by atoms with van der Waals surface area (Å²) in [5.41, 5.74) is 2.63. The summed E-state index contributed by atoms with van der Waals surface area (Å²) < 4.78 is 6.73. The van der Waals surface area contributed by atoms with Crippen molar-refractivity contribution in [1.82, 2.24) is 0 Å². The lowest BCUT2D eigenvalue weighted by Gasteiger charge is -2.08. The van der Waals surface area contributed by atoms with Gasteiger partial charge in [0.05, 0.1) is 6.61 Å². The number of ether oxygens (including phenoxy) is 1. The highest BCUT2D eigenvalue weighted by molar-refractivity contribution is 14.1. The molecule has 0 aliphatic carbocycles. The fourth-order valence-corrected chi connectivity index (χ4v) is 2.43. The maximum absolute atomic E-state index is 12.2. The molecule has 0 unspecified atom stereocenters. The van der Waals surface area contributed by atoms with E-state index in [9.17, 15) is 4.79 Å². The molecule has 1 amide bonds. The second kappa shape index (κ2) is 8.17. The van der Waals surface area contributed by atoms with Gasteiger partial charge in [-0.1, -0.05) is 19.4 Å². The number of anilines is 1. The molecule has 2 aromatic carbocycles. The third-order valence-corrected chi connectivity index (χ3v) is 4.48. The van der Waals surface area contributed by atoms with E-state index in [4.69, 9.17) is 4.74 Å². The lowest BCUT2D eigenvalue weighted by Crippen LogP contribution is -2.12. The van der Waals surface area contributed by atoms with Crippen molar-refractivity contribution in [1.29, 1.82) is 0 Å². The Morgan fingerprint density at radius 1 is 1.18 bits per heavy atom. The molecule has 2 rings (SSSR count). The van der Waals surface area contributed by atoms with Crippen LogP contribution in [-0.4, -0.2) is 12.5 Å². The number of carbonyl (C=O) groups is 1. The Labute approximate surface area is 145 Å². The maximum atomic E-state index is 12.2. The lowest BCUT2D eigenvalue weighted by atomic mass is 10.2. The van der Waals surface area contributed by atoms with E-state index in [0.717, 1.165) is 27.8 Å². The first kappa shape index (κ1) is 16.8. The van der Waals surface area contributed by atoms with Crippen LogP contribution in [0.2, 0.25) is 0 Å². The third-order valence-electron chi connectivity index (χ3n) is 3.31. The Bertz CT molecular complexity index is 638. The van der Waals surface area contributed by atoms with Crippen LogP contribution in [-0.2, 0) is 0 Å². The van der Waals surface area contributed by atoms with Gasteiger partial charge in [-0.2, -0.15) is 0 Å². The van der Waals surface area contributed by atoms with E-state index in [2.05, 4.69) is 34.8 Å². The van der Waals surface area contributed by atoms with Crippen LogP contribution in [0.4, 0.5) is 5.69 Å². The summed E-state index contributed by atoms with van der Waals surface area (Å²) in [5.74, 6) is 0.689. The number of amides is 1. The molecule has 2 aromatic rings. The van der Waals surface area contributed by atoms with Gasteiger partial charge in [0.2, 0.25) is 0 Å². The van der Waals surface area contributed by atoms with Crippen molar-refractivity contribution in [2.45, 2.75) is 26.7 Å². The molecule has 0 bridgehead atoms. The van der Waals surface area contributed by atoms with E-state index in [1.54, 1.807) is 12.1 Å². The van der Waals surface area contributed by atoms with Crippen molar-refractivity contribution >= 4 is 34.2 Å². The predicted molar refractivity (Wildman–Crippen MR) is 98.7 cm³/mol. The van der Waals surface area contributed by atoms with Gasteiger partial charge in [0.25, 0.3) is 5.91 Å². The van der Waals surface area contributed by atoms with Crippen LogP contribution >= 0.6 is 22.6 Å². The number of hydrogen-bond acceptors (Lipinski definition) is 2. The molecule has 1 N–H and O–H groups in total. The number of rotatable bonds is 6. The number of nitrogens with one attached hydrogen (secondary N) is 1. The Kier molecular flexibility index (Phi) is 6.24. The van der Waals surface area contributed by atoms with Gasteiger partial charge in [-0.25, -0.2) is 0 Å². The monoisotopic (exact) mass is 409 g/mol. The molecule has 4 heteroatoms. The van der Waals surface area contributed by atoms with Gasteiger partial charge in [-0.05, 0) is 77.9 Å². The number of aryl methyl sites for hydroxylation is 1. The number of unbranched alkanes of at least 4 members (excludes halogenated alkanes) is 1. The van der Waals surface area contributed by atoms with Gasteiger partial charge in [0.1, 0.15) is 5.75 Å². The molecule has 0 aliphatic rings. The number of halogens is 1. The molecular formula is C18H20INO2. The molecule has 0 fully saturated rings. The SMILES string of the molecule is CCCCOc1ccc(C(=O)Nc2ccc(C)c(I)c2)cc1. The average Bonchev–Trinajstić information content (AvgIpc) is 2.52. The van der Waals surface area contributed by atoms with Crippen molar-refractivity contribution in [3.63, 3.8) is 0 Å². The van der Waals surface area contributed by atoms with E-state index in [0.29, 0.717) is 12.2 Å². The zero-order valence-electron chi connectivity index (χ0n) is 12.9. The van der Waals surface area contributed by atoms with Gasteiger partial charge in [0.15, 0.2) is 0 Å². The minimum atomic E-state index is -0.111. The Balaban J connectivity index is 1.98. The minimum Gasteiger partial charge on any atom is -0.494 e. The summed E-state index contributed by atoms with van der Waals surface area (Å²) >= 11 is 2.26. The van der Waals surface area contributed by atoms with E-state index >= 15 is 0 Å². The Morgan fingerprint density at radius 3 is 2.55 bits per heavy atom. The first-order valence-electron chi connectivity index (χ1n) is 7.40. The normalized spacial score (nSPS) is 10.3. The molecule has 0 aromatic heterocycles. The Morgan fingerprint density at radius 2 is 1.91 bits per heavy atom. The molecule has 116 valence electrons. The molecule has 0 saturated carbocycles. The molecule has 3 nitrogen and oxygen atoms in total. The highest BCUT2D eigenvalue weighted by atomic mass is 127. The van der Waals surface area contributed by atoms with Crippen molar-refractivity contribution in [2.75, 3.05) is 11.9 Å². The highest BCUT2D eigenvalue weighted by Crippen LogP contribution is 2.18. The summed E-state index contributed by atoms with van der Waals surface area (Å²) in [7, 11) is 0. The lowest BCUT2D eigenvalue weighted by molar-refractivity contribution is 0.102. The molecular weight excluding hydrogens is 389 g/mol. The first-order valence-corrected chi connectivity index (χ1v) is 8.48. The highest BCUT2D eigenvalue weighted by Gasteiger charge is 2.07. The third kappa shape index (κ3) is 4.73. The molecule has 0 atom stereocenters. The molecule has 0 aliphatic heterocycles. The second-order valence-corrected chi connectivity index (χ2v) is 6.31. The quantitative estimate of drug-likeness (QED) is 0.537. The van der Waals surface area contributed by atoms with E-state index < -0.39 is 0 Å². The molecule has 22 heavy (non-hydrogen) atoms. The van der Waals surface area contributed by atoms with Gasteiger partial charge in [-0.15, -0.1) is 0 Å². The standard InChI is InChI=1S/C18H20INO2/c1-3-4-11-22-16-9-6-14(7-10-16)18(21)20-15-8-5-13(2)17(19)12-15/h5-10,12H,3-4,11H2,1-2H3,(H,20,21). The smallest absolute Gasteiger partial charge is 0.255 e. The summed E-state index contributed by atoms with van der Waals surface area (Å²) in [6.45, 7) is 4.89. The summed E-state index contributed by atoms with van der Waals surface area (Å²) in [5, 5.41) is 2.91. The van der Waals surface area contributed by atoms with Crippen molar-refractivity contribution in [3.05, 3.63) is 57.2 Å². The van der Waals surface area contributed by atoms with Crippen molar-refractivity contribution in [3.8, 4) is 5.75 Å². The fourth-order valence-electron chi connectivity index (χ4n) is 1.91. The largest absolute Gasteiger partial charge is 0.494 e. The van der Waals surface area contributed by atoms with Crippen LogP contribution in [0.3, 0.4) is 0 Å². The van der Waals surface area contributed by atoms with Crippen LogP contribution < -0.4 is 10.1 Å². The minimum absolute atomic E-state index is 0.111. The van der Waals surface area contributed by atoms with Crippen LogP contribution in [0.15, 0.2) is 42.5 Å². The summed E-state index contributed by atoms with van der Waals surface area (Å²) in [6, 6.07) is 13.1. The zero-order chi connectivity index (χ0) is 15.9. The zero-order valence-corrected chi connectivity index (χ0v) is 15.0. The van der Waals surface area contributed by atoms with Gasteiger partial charge < -0.3 is 10.1 Å². The fraction of sp³-hybridized carbons (Fsp3) is 0.278. The molecule has 0 heterocycles. The topological polar surface area (TPSA) is 38.3 Å². The first-order chi connectivity index (χ1) is 10.6. The predicted octanol–water partition coefficient (Wildman–Crippen LogP) is 5.03. The second-order valence-electron chi connectivity index (χ2n) is 5.14. The van der Waals surface area contributed by atoms with Crippen LogP contribution in [0.1, 0.15) is 35.7 Å². The number of benzene rings is 2. The number of carbonyl (C=O) groups excluding carboxylic acids is 1. The van der Waals surface area contributed by atoms with Gasteiger partial charge >= 0.3 is 0 Å². The Hall–Kier alpha value is -1.56. The summed E-state index contributed by atoms with van der Waals surface area (Å²) in [4.78, 5) is 12.2. The van der Waals surface area contributed by atoms with Crippen molar-refractivity contribution < 1.29 is 9.53 Å². The van der Waals surface area contributed by atoms with Gasteiger partial charge in [-0.3, -0.25) is 4.79 Å². The van der Waals surface area contributed by atoms with Crippen LogP contribution in [0.5, 0.6) is 5.75 Å². The van der Waals surface area contributed by atoms with E-state index in [1.165, 1.54) is 5.56 Å². The van der Waals surface area contributed by atoms with Crippen LogP contribution in [0.25, 0.3) is 0 Å². The van der Waals surface area contributed by atoms with E-state index in [-0.39, 0.29) is 5.91 Å². The van der Waals surface area contributed by atoms with E-state index in [1.807, 2.05) is 37.3 Å². The average molecular weight is 409 g/mol. The van der Waals surface area contributed by atoms with Crippen LogP contribution in [0, 0.1) is 10.5 Å². The van der Waals surface area contributed by atoms with Crippen molar-refractivity contribution in [2.24, 2.45) is 0 Å². The molecule has 0 spiro atoms. The maximum Gasteiger partial charge on any atom is 0.255 e. The molecule has 0 saturated heterocycles.